The molecule has 0 aliphatic heterocycles. The zero-order valence-electron chi connectivity index (χ0n) is 12.1. The van der Waals surface area contributed by atoms with E-state index in [-0.39, 0.29) is 17.1 Å². The standard InChI is InChI=1S/C17H13BrN2O3/c18-12-5-3-11(4-6-12)17(7-8-17)19-16(21)13-10-15(23-20-13)14-2-1-9-22-14/h1-6,9-10H,7-8H2,(H,19,21). The van der Waals surface area contributed by atoms with Crippen molar-refractivity contribution in [2.24, 2.45) is 0 Å². The maximum absolute atomic E-state index is 12.4. The number of hydrogen-bond donors (Lipinski definition) is 1. The smallest absolute Gasteiger partial charge is 0.274 e. The molecule has 4 rings (SSSR count). The molecule has 0 atom stereocenters. The van der Waals surface area contributed by atoms with Crippen LogP contribution in [0, 0.1) is 0 Å². The van der Waals surface area contributed by atoms with Crippen LogP contribution >= 0.6 is 15.9 Å². The first-order valence-electron chi connectivity index (χ1n) is 7.25. The number of amides is 1. The Balaban J connectivity index is 1.53. The molecule has 0 spiro atoms. The van der Waals surface area contributed by atoms with Crippen molar-refractivity contribution in [1.82, 2.24) is 10.5 Å². The third-order valence-corrected chi connectivity index (χ3v) is 4.54. The van der Waals surface area contributed by atoms with Gasteiger partial charge in [0.15, 0.2) is 11.5 Å². The Hall–Kier alpha value is -2.34. The van der Waals surface area contributed by atoms with Crippen LogP contribution < -0.4 is 5.32 Å². The van der Waals surface area contributed by atoms with E-state index in [2.05, 4.69) is 26.4 Å². The Bertz CT molecular complexity index is 833. The number of carbonyl (C=O) groups is 1. The third-order valence-electron chi connectivity index (χ3n) is 4.01. The summed E-state index contributed by atoms with van der Waals surface area (Å²) in [5.41, 5.74) is 1.06. The monoisotopic (exact) mass is 372 g/mol. The second kappa shape index (κ2) is 5.38. The number of furan rings is 1. The fourth-order valence-corrected chi connectivity index (χ4v) is 2.84. The zero-order chi connectivity index (χ0) is 15.9. The van der Waals surface area contributed by atoms with Crippen LogP contribution in [0.5, 0.6) is 0 Å². The van der Waals surface area contributed by atoms with E-state index < -0.39 is 0 Å². The van der Waals surface area contributed by atoms with Crippen molar-refractivity contribution in [3.63, 3.8) is 0 Å². The molecule has 5 nitrogen and oxygen atoms in total. The Kier molecular flexibility index (Phi) is 3.34. The molecule has 0 saturated heterocycles. The van der Waals surface area contributed by atoms with Gasteiger partial charge in [0.2, 0.25) is 5.76 Å². The minimum absolute atomic E-state index is 0.244. The lowest BCUT2D eigenvalue weighted by Gasteiger charge is -2.17. The molecule has 2 aromatic heterocycles. The first-order chi connectivity index (χ1) is 11.2. The van der Waals surface area contributed by atoms with Gasteiger partial charge in [-0.3, -0.25) is 4.79 Å². The summed E-state index contributed by atoms with van der Waals surface area (Å²) in [5.74, 6) is 0.742. The Labute approximate surface area is 140 Å². The largest absolute Gasteiger partial charge is 0.461 e. The van der Waals surface area contributed by atoms with E-state index in [0.29, 0.717) is 11.5 Å². The van der Waals surface area contributed by atoms with Crippen LogP contribution in [0.1, 0.15) is 28.9 Å². The van der Waals surface area contributed by atoms with Crippen LogP contribution in [-0.4, -0.2) is 11.1 Å². The Morgan fingerprint density at radius 1 is 1.17 bits per heavy atom. The number of nitrogens with one attached hydrogen (secondary N) is 1. The van der Waals surface area contributed by atoms with Crippen molar-refractivity contribution in [1.29, 1.82) is 0 Å². The molecular weight excluding hydrogens is 360 g/mol. The topological polar surface area (TPSA) is 68.3 Å². The van der Waals surface area contributed by atoms with Crippen molar-refractivity contribution < 1.29 is 13.7 Å². The second-order valence-corrected chi connectivity index (χ2v) is 6.51. The molecule has 0 radical (unpaired) electrons. The number of benzene rings is 1. The summed E-state index contributed by atoms with van der Waals surface area (Å²) in [6.45, 7) is 0. The molecule has 2 heterocycles. The van der Waals surface area contributed by atoms with Gasteiger partial charge in [0.1, 0.15) is 0 Å². The van der Waals surface area contributed by atoms with Crippen LogP contribution in [0.25, 0.3) is 11.5 Å². The van der Waals surface area contributed by atoms with Gasteiger partial charge in [0.25, 0.3) is 5.91 Å². The highest BCUT2D eigenvalue weighted by atomic mass is 79.9. The summed E-state index contributed by atoms with van der Waals surface area (Å²) in [6, 6.07) is 13.1. The predicted molar refractivity (Wildman–Crippen MR) is 86.7 cm³/mol. The van der Waals surface area contributed by atoms with E-state index in [1.165, 1.54) is 0 Å². The van der Waals surface area contributed by atoms with Gasteiger partial charge >= 0.3 is 0 Å². The van der Waals surface area contributed by atoms with Gasteiger partial charge in [-0.1, -0.05) is 33.2 Å². The van der Waals surface area contributed by atoms with Gasteiger partial charge in [-0.05, 0) is 42.7 Å². The van der Waals surface area contributed by atoms with Gasteiger partial charge in [-0.2, -0.15) is 0 Å². The average Bonchev–Trinajstić information content (AvgIpc) is 2.98. The van der Waals surface area contributed by atoms with E-state index >= 15 is 0 Å². The molecule has 1 fully saturated rings. The van der Waals surface area contributed by atoms with E-state index in [9.17, 15) is 4.79 Å². The van der Waals surface area contributed by atoms with E-state index in [0.717, 1.165) is 22.9 Å². The van der Waals surface area contributed by atoms with Gasteiger partial charge < -0.3 is 14.3 Å². The van der Waals surface area contributed by atoms with Crippen LogP contribution in [0.4, 0.5) is 0 Å². The fraction of sp³-hybridized carbons (Fsp3) is 0.176. The molecule has 1 aromatic carbocycles. The van der Waals surface area contributed by atoms with Gasteiger partial charge in [-0.15, -0.1) is 0 Å². The lowest BCUT2D eigenvalue weighted by molar-refractivity contribution is 0.0921. The van der Waals surface area contributed by atoms with Crippen LogP contribution in [-0.2, 0) is 5.54 Å². The summed E-state index contributed by atoms with van der Waals surface area (Å²) in [4.78, 5) is 12.4. The fourth-order valence-electron chi connectivity index (χ4n) is 2.58. The quantitative estimate of drug-likeness (QED) is 0.747. The number of halogens is 1. The molecule has 1 N–H and O–H groups in total. The minimum Gasteiger partial charge on any atom is -0.461 e. The third kappa shape index (κ3) is 2.70. The summed E-state index contributed by atoms with van der Waals surface area (Å²) < 4.78 is 11.4. The van der Waals surface area contributed by atoms with Crippen molar-refractivity contribution >= 4 is 21.8 Å². The van der Waals surface area contributed by atoms with Crippen molar-refractivity contribution in [3.05, 3.63) is 64.5 Å². The highest BCUT2D eigenvalue weighted by Crippen LogP contribution is 2.45. The lowest BCUT2D eigenvalue weighted by atomic mass is 10.0. The number of hydrogen-bond acceptors (Lipinski definition) is 4. The Morgan fingerprint density at radius 2 is 1.96 bits per heavy atom. The summed E-state index contributed by atoms with van der Waals surface area (Å²) >= 11 is 3.42. The molecule has 6 heteroatoms. The van der Waals surface area contributed by atoms with E-state index in [1.807, 2.05) is 24.3 Å². The summed E-state index contributed by atoms with van der Waals surface area (Å²) in [7, 11) is 0. The molecule has 3 aromatic rings. The molecule has 0 bridgehead atoms. The maximum Gasteiger partial charge on any atom is 0.274 e. The van der Waals surface area contributed by atoms with Crippen molar-refractivity contribution in [2.75, 3.05) is 0 Å². The predicted octanol–water partition coefficient (Wildman–Crippen LogP) is 4.12. The van der Waals surface area contributed by atoms with Gasteiger partial charge in [0.05, 0.1) is 11.8 Å². The van der Waals surface area contributed by atoms with E-state index in [1.54, 1.807) is 24.5 Å². The van der Waals surface area contributed by atoms with Crippen molar-refractivity contribution in [2.45, 2.75) is 18.4 Å². The number of carbonyl (C=O) groups excluding carboxylic acids is 1. The first-order valence-corrected chi connectivity index (χ1v) is 8.05. The van der Waals surface area contributed by atoms with Crippen LogP contribution in [0.3, 0.4) is 0 Å². The Morgan fingerprint density at radius 3 is 2.61 bits per heavy atom. The average molecular weight is 373 g/mol. The highest BCUT2D eigenvalue weighted by molar-refractivity contribution is 9.10. The second-order valence-electron chi connectivity index (χ2n) is 5.60. The molecule has 23 heavy (non-hydrogen) atoms. The van der Waals surface area contributed by atoms with Crippen LogP contribution in [0.2, 0.25) is 0 Å². The molecule has 1 aliphatic carbocycles. The maximum atomic E-state index is 12.4. The summed E-state index contributed by atoms with van der Waals surface area (Å²) in [6.07, 6.45) is 3.39. The molecule has 0 unspecified atom stereocenters. The molecule has 116 valence electrons. The van der Waals surface area contributed by atoms with Crippen molar-refractivity contribution in [3.8, 4) is 11.5 Å². The zero-order valence-corrected chi connectivity index (χ0v) is 13.7. The number of rotatable bonds is 4. The lowest BCUT2D eigenvalue weighted by Crippen LogP contribution is -2.35. The minimum atomic E-state index is -0.290. The highest BCUT2D eigenvalue weighted by Gasteiger charge is 2.46. The van der Waals surface area contributed by atoms with Gasteiger partial charge in [-0.25, -0.2) is 0 Å². The normalized spacial score (nSPS) is 15.3. The van der Waals surface area contributed by atoms with Crippen LogP contribution in [0.15, 0.2) is 62.1 Å². The SMILES string of the molecule is O=C(NC1(c2ccc(Br)cc2)CC1)c1cc(-c2ccco2)on1. The number of nitrogens with zero attached hydrogens (tertiary/aromatic N) is 1. The first kappa shape index (κ1) is 14.3. The molecular formula is C17H13BrN2O3. The van der Waals surface area contributed by atoms with Gasteiger partial charge in [0, 0.05) is 10.5 Å². The summed E-state index contributed by atoms with van der Waals surface area (Å²) in [5, 5.41) is 6.91. The van der Waals surface area contributed by atoms with E-state index in [4.69, 9.17) is 8.94 Å². The molecule has 1 amide bonds. The molecule has 1 saturated carbocycles. The molecule has 1 aliphatic rings. The number of aromatic nitrogens is 1.